The standard InChI is InChI=1S/C10H9BrCl2O/c11-8-3-1-2-7(6-13)10(8)9(14)4-5-12/h1-3H,4-6H2. The molecule has 0 saturated carbocycles. The highest BCUT2D eigenvalue weighted by Gasteiger charge is 2.13. The zero-order valence-corrected chi connectivity index (χ0v) is 10.5. The van der Waals surface area contributed by atoms with E-state index in [1.807, 2.05) is 18.2 Å². The second kappa shape index (κ2) is 5.74. The van der Waals surface area contributed by atoms with Crippen molar-refractivity contribution in [2.75, 3.05) is 5.88 Å². The van der Waals surface area contributed by atoms with Gasteiger partial charge in [-0.3, -0.25) is 4.79 Å². The lowest BCUT2D eigenvalue weighted by Gasteiger charge is -2.07. The number of alkyl halides is 2. The van der Waals surface area contributed by atoms with Crippen LogP contribution in [-0.2, 0) is 5.88 Å². The fourth-order valence-corrected chi connectivity index (χ4v) is 2.23. The van der Waals surface area contributed by atoms with Crippen molar-refractivity contribution in [2.24, 2.45) is 0 Å². The predicted molar refractivity (Wildman–Crippen MR) is 63.4 cm³/mol. The van der Waals surface area contributed by atoms with Crippen LogP contribution in [0.3, 0.4) is 0 Å². The summed E-state index contributed by atoms with van der Waals surface area (Å²) in [5.41, 5.74) is 1.50. The van der Waals surface area contributed by atoms with Crippen LogP contribution in [0, 0.1) is 0 Å². The van der Waals surface area contributed by atoms with E-state index in [1.54, 1.807) is 0 Å². The summed E-state index contributed by atoms with van der Waals surface area (Å²) in [5.74, 6) is 0.702. The Hall–Kier alpha value is -0.0500. The van der Waals surface area contributed by atoms with Gasteiger partial charge in [0.2, 0.25) is 0 Å². The molecule has 1 rings (SSSR count). The first-order chi connectivity index (χ1) is 6.70. The first-order valence-electron chi connectivity index (χ1n) is 4.13. The maximum Gasteiger partial charge on any atom is 0.165 e. The van der Waals surface area contributed by atoms with Gasteiger partial charge in [-0.05, 0) is 11.6 Å². The molecule has 0 radical (unpaired) electrons. The molecular weight excluding hydrogens is 287 g/mol. The summed E-state index contributed by atoms with van der Waals surface area (Å²) in [5, 5.41) is 0. The van der Waals surface area contributed by atoms with E-state index in [0.29, 0.717) is 23.7 Å². The van der Waals surface area contributed by atoms with E-state index in [2.05, 4.69) is 15.9 Å². The van der Waals surface area contributed by atoms with Gasteiger partial charge >= 0.3 is 0 Å². The monoisotopic (exact) mass is 294 g/mol. The van der Waals surface area contributed by atoms with Gasteiger partial charge in [0, 0.05) is 28.2 Å². The van der Waals surface area contributed by atoms with Gasteiger partial charge in [0.1, 0.15) is 0 Å². The fourth-order valence-electron chi connectivity index (χ4n) is 1.20. The third-order valence-electron chi connectivity index (χ3n) is 1.84. The summed E-state index contributed by atoms with van der Waals surface area (Å²) in [7, 11) is 0. The van der Waals surface area contributed by atoms with Crippen LogP contribution in [0.5, 0.6) is 0 Å². The summed E-state index contributed by atoms with van der Waals surface area (Å²) in [4.78, 5) is 11.7. The molecule has 0 unspecified atom stereocenters. The predicted octanol–water partition coefficient (Wildman–Crippen LogP) is 4.00. The van der Waals surface area contributed by atoms with E-state index in [4.69, 9.17) is 23.2 Å². The topological polar surface area (TPSA) is 17.1 Å². The van der Waals surface area contributed by atoms with Crippen LogP contribution in [0.1, 0.15) is 22.3 Å². The smallest absolute Gasteiger partial charge is 0.165 e. The van der Waals surface area contributed by atoms with Crippen molar-refractivity contribution in [2.45, 2.75) is 12.3 Å². The van der Waals surface area contributed by atoms with E-state index in [0.717, 1.165) is 10.0 Å². The van der Waals surface area contributed by atoms with Gasteiger partial charge in [-0.1, -0.05) is 28.1 Å². The Morgan fingerprint density at radius 3 is 2.64 bits per heavy atom. The van der Waals surface area contributed by atoms with Crippen molar-refractivity contribution >= 4 is 44.9 Å². The van der Waals surface area contributed by atoms with Crippen molar-refractivity contribution in [3.05, 3.63) is 33.8 Å². The maximum atomic E-state index is 11.7. The first-order valence-corrected chi connectivity index (χ1v) is 5.99. The maximum absolute atomic E-state index is 11.7. The highest BCUT2D eigenvalue weighted by Crippen LogP contribution is 2.23. The molecule has 0 heterocycles. The Labute approximate surface area is 102 Å². The Balaban J connectivity index is 3.10. The second-order valence-electron chi connectivity index (χ2n) is 2.77. The fraction of sp³-hybridized carbons (Fsp3) is 0.300. The zero-order valence-electron chi connectivity index (χ0n) is 7.40. The molecule has 0 aliphatic carbocycles. The van der Waals surface area contributed by atoms with Crippen LogP contribution in [0.25, 0.3) is 0 Å². The van der Waals surface area contributed by atoms with Crippen LogP contribution in [0.2, 0.25) is 0 Å². The summed E-state index contributed by atoms with van der Waals surface area (Å²) in [6, 6.07) is 5.54. The van der Waals surface area contributed by atoms with Crippen molar-refractivity contribution in [3.63, 3.8) is 0 Å². The van der Waals surface area contributed by atoms with Gasteiger partial charge in [0.05, 0.1) is 0 Å². The van der Waals surface area contributed by atoms with Gasteiger partial charge in [-0.2, -0.15) is 0 Å². The van der Waals surface area contributed by atoms with Crippen molar-refractivity contribution in [1.82, 2.24) is 0 Å². The molecule has 0 saturated heterocycles. The Morgan fingerprint density at radius 2 is 2.07 bits per heavy atom. The van der Waals surface area contributed by atoms with Gasteiger partial charge in [0.15, 0.2) is 5.78 Å². The first kappa shape index (κ1) is 12.0. The van der Waals surface area contributed by atoms with Crippen molar-refractivity contribution in [3.8, 4) is 0 Å². The van der Waals surface area contributed by atoms with Gasteiger partial charge in [-0.25, -0.2) is 0 Å². The zero-order chi connectivity index (χ0) is 10.6. The molecular formula is C10H9BrCl2O. The molecule has 0 N–H and O–H groups in total. The molecule has 1 aromatic carbocycles. The summed E-state index contributed by atoms with van der Waals surface area (Å²) in [6.45, 7) is 0. The van der Waals surface area contributed by atoms with Gasteiger partial charge < -0.3 is 0 Å². The highest BCUT2D eigenvalue weighted by atomic mass is 79.9. The summed E-state index contributed by atoms with van der Waals surface area (Å²) >= 11 is 14.6. The Bertz CT molecular complexity index is 339. The third-order valence-corrected chi connectivity index (χ3v) is 2.98. The van der Waals surface area contributed by atoms with E-state index in [9.17, 15) is 4.79 Å². The molecule has 0 bridgehead atoms. The minimum Gasteiger partial charge on any atom is -0.294 e. The quantitative estimate of drug-likeness (QED) is 0.606. The number of ketones is 1. The molecule has 0 spiro atoms. The summed E-state index contributed by atoms with van der Waals surface area (Å²) in [6.07, 6.45) is 0.341. The molecule has 0 fully saturated rings. The largest absolute Gasteiger partial charge is 0.294 e. The normalized spacial score (nSPS) is 10.2. The van der Waals surface area contributed by atoms with Gasteiger partial charge in [0.25, 0.3) is 0 Å². The van der Waals surface area contributed by atoms with E-state index in [1.165, 1.54) is 0 Å². The van der Waals surface area contributed by atoms with Gasteiger partial charge in [-0.15, -0.1) is 23.2 Å². The molecule has 4 heteroatoms. The molecule has 0 aromatic heterocycles. The number of carbonyl (C=O) groups is 1. The SMILES string of the molecule is O=C(CCCl)c1c(Br)cccc1CCl. The number of benzene rings is 1. The lowest BCUT2D eigenvalue weighted by molar-refractivity contribution is 0.0988. The van der Waals surface area contributed by atoms with Crippen molar-refractivity contribution < 1.29 is 4.79 Å². The summed E-state index contributed by atoms with van der Waals surface area (Å²) < 4.78 is 0.783. The molecule has 1 aromatic rings. The molecule has 76 valence electrons. The van der Waals surface area contributed by atoms with Crippen LogP contribution in [0.4, 0.5) is 0 Å². The number of carbonyl (C=O) groups excluding carboxylic acids is 1. The number of hydrogen-bond donors (Lipinski definition) is 0. The lowest BCUT2D eigenvalue weighted by atomic mass is 10.0. The van der Waals surface area contributed by atoms with E-state index < -0.39 is 0 Å². The van der Waals surface area contributed by atoms with Crippen LogP contribution in [0.15, 0.2) is 22.7 Å². The van der Waals surface area contributed by atoms with Crippen molar-refractivity contribution in [1.29, 1.82) is 0 Å². The number of Topliss-reactive ketones (excluding diaryl/α,β-unsaturated/α-hetero) is 1. The van der Waals surface area contributed by atoms with E-state index >= 15 is 0 Å². The molecule has 0 atom stereocenters. The minimum atomic E-state index is 0.0307. The minimum absolute atomic E-state index is 0.0307. The van der Waals surface area contributed by atoms with Crippen LogP contribution in [-0.4, -0.2) is 11.7 Å². The Kier molecular flexibility index (Phi) is 4.93. The number of halogens is 3. The highest BCUT2D eigenvalue weighted by molar-refractivity contribution is 9.10. The van der Waals surface area contributed by atoms with Crippen LogP contribution >= 0.6 is 39.1 Å². The lowest BCUT2D eigenvalue weighted by Crippen LogP contribution is -2.04. The van der Waals surface area contributed by atoms with Crippen LogP contribution < -0.4 is 0 Å². The average Bonchev–Trinajstić information content (AvgIpc) is 2.17. The molecule has 0 amide bonds. The second-order valence-corrected chi connectivity index (χ2v) is 4.27. The van der Waals surface area contributed by atoms with E-state index in [-0.39, 0.29) is 5.78 Å². The molecule has 0 aliphatic rings. The Morgan fingerprint density at radius 1 is 1.36 bits per heavy atom. The molecule has 0 aliphatic heterocycles. The number of rotatable bonds is 4. The molecule has 1 nitrogen and oxygen atoms in total. The average molecular weight is 296 g/mol. The molecule has 14 heavy (non-hydrogen) atoms. The third kappa shape index (κ3) is 2.72. The number of hydrogen-bond acceptors (Lipinski definition) is 1.